The van der Waals surface area contributed by atoms with E-state index in [1.54, 1.807) is 0 Å². The molecule has 6 nitrogen and oxygen atoms in total. The van der Waals surface area contributed by atoms with Crippen LogP contribution in [0.5, 0.6) is 5.75 Å². The molecule has 2 unspecified atom stereocenters. The maximum atomic E-state index is 10.5. The molecule has 1 aromatic carbocycles. The van der Waals surface area contributed by atoms with Crippen molar-refractivity contribution in [3.63, 3.8) is 0 Å². The number of phenols is 1. The fourth-order valence-corrected chi connectivity index (χ4v) is 1.17. The van der Waals surface area contributed by atoms with Crippen LogP contribution in [0.4, 0.5) is 0 Å². The van der Waals surface area contributed by atoms with Gasteiger partial charge in [0.2, 0.25) is 0 Å². The molecule has 1 rings (SSSR count). The van der Waals surface area contributed by atoms with E-state index >= 15 is 0 Å². The van der Waals surface area contributed by atoms with Gasteiger partial charge in [0.25, 0.3) is 0 Å². The van der Waals surface area contributed by atoms with Gasteiger partial charge < -0.3 is 20.4 Å². The van der Waals surface area contributed by atoms with Crippen molar-refractivity contribution >= 4 is 5.97 Å². The Morgan fingerprint density at radius 3 is 2.44 bits per heavy atom. The Kier molecular flexibility index (Phi) is 3.45. The summed E-state index contributed by atoms with van der Waals surface area (Å²) in [6.07, 6.45) is -3.26. The number of hydrogen-bond donors (Lipinski definition) is 4. The van der Waals surface area contributed by atoms with Crippen molar-refractivity contribution < 1.29 is 25.2 Å². The number of nitriles is 1. The molecule has 0 fully saturated rings. The molecule has 16 heavy (non-hydrogen) atoms. The molecule has 84 valence electrons. The van der Waals surface area contributed by atoms with Crippen molar-refractivity contribution in [2.24, 2.45) is 0 Å². The predicted molar refractivity (Wildman–Crippen MR) is 51.6 cm³/mol. The molecule has 0 amide bonds. The van der Waals surface area contributed by atoms with Gasteiger partial charge in [0.1, 0.15) is 11.9 Å². The molecule has 0 spiro atoms. The lowest BCUT2D eigenvalue weighted by atomic mass is 10.0. The molecule has 0 radical (unpaired) electrons. The number of nitrogens with zero attached hydrogens (tertiary/aromatic N) is 1. The quantitative estimate of drug-likeness (QED) is 0.535. The van der Waals surface area contributed by atoms with Crippen LogP contribution in [0.25, 0.3) is 0 Å². The van der Waals surface area contributed by atoms with E-state index in [4.69, 9.17) is 15.5 Å². The Morgan fingerprint density at radius 2 is 2.00 bits per heavy atom. The first-order valence-corrected chi connectivity index (χ1v) is 4.29. The van der Waals surface area contributed by atoms with Gasteiger partial charge in [-0.2, -0.15) is 5.26 Å². The number of rotatable bonds is 3. The molecule has 0 saturated heterocycles. The van der Waals surface area contributed by atoms with Crippen LogP contribution in [0.15, 0.2) is 18.2 Å². The standard InChI is InChI=1S/C10H9NO5/c11-4-8(13)9(14)6-2-1-5(10(15)16)3-7(6)12/h1-3,8-9,12-14H,(H,15,16). The summed E-state index contributed by atoms with van der Waals surface area (Å²) >= 11 is 0. The Bertz CT molecular complexity index is 451. The molecule has 2 atom stereocenters. The van der Waals surface area contributed by atoms with Crippen LogP contribution in [0.1, 0.15) is 22.0 Å². The summed E-state index contributed by atoms with van der Waals surface area (Å²) in [5.74, 6) is -1.71. The van der Waals surface area contributed by atoms with Gasteiger partial charge in [0.15, 0.2) is 6.10 Å². The van der Waals surface area contributed by atoms with Gasteiger partial charge in [-0.15, -0.1) is 0 Å². The van der Waals surface area contributed by atoms with Crippen molar-refractivity contribution in [2.75, 3.05) is 0 Å². The van der Waals surface area contributed by atoms with E-state index in [0.29, 0.717) is 0 Å². The van der Waals surface area contributed by atoms with Gasteiger partial charge in [0, 0.05) is 5.56 Å². The molecule has 0 aliphatic rings. The third-order valence-electron chi connectivity index (χ3n) is 2.03. The van der Waals surface area contributed by atoms with Crippen LogP contribution in [0.3, 0.4) is 0 Å². The van der Waals surface area contributed by atoms with Crippen LogP contribution in [-0.4, -0.2) is 32.5 Å². The number of carboxylic acid groups (broad SMARTS) is 1. The predicted octanol–water partition coefficient (Wildman–Crippen LogP) is 0.00828. The van der Waals surface area contributed by atoms with Crippen LogP contribution >= 0.6 is 0 Å². The summed E-state index contributed by atoms with van der Waals surface area (Å²) in [4.78, 5) is 10.5. The highest BCUT2D eigenvalue weighted by atomic mass is 16.4. The maximum Gasteiger partial charge on any atom is 0.335 e. The molecule has 0 saturated carbocycles. The molecule has 0 heterocycles. The van der Waals surface area contributed by atoms with Gasteiger partial charge in [-0.05, 0) is 12.1 Å². The van der Waals surface area contributed by atoms with E-state index < -0.39 is 23.9 Å². The zero-order valence-corrected chi connectivity index (χ0v) is 8.03. The van der Waals surface area contributed by atoms with Crippen LogP contribution in [0.2, 0.25) is 0 Å². The monoisotopic (exact) mass is 223 g/mol. The second kappa shape index (κ2) is 4.61. The third-order valence-corrected chi connectivity index (χ3v) is 2.03. The first-order chi connectivity index (χ1) is 7.47. The number of aromatic carboxylic acids is 1. The molecule has 6 heteroatoms. The smallest absolute Gasteiger partial charge is 0.335 e. The van der Waals surface area contributed by atoms with Crippen LogP contribution < -0.4 is 0 Å². The first-order valence-electron chi connectivity index (χ1n) is 4.29. The molecule has 0 aliphatic carbocycles. The fraction of sp³-hybridized carbons (Fsp3) is 0.200. The highest BCUT2D eigenvalue weighted by molar-refractivity contribution is 5.88. The van der Waals surface area contributed by atoms with Gasteiger partial charge in [-0.25, -0.2) is 4.79 Å². The van der Waals surface area contributed by atoms with Crippen molar-refractivity contribution in [3.05, 3.63) is 29.3 Å². The van der Waals surface area contributed by atoms with E-state index in [-0.39, 0.29) is 11.1 Å². The van der Waals surface area contributed by atoms with E-state index in [1.165, 1.54) is 6.07 Å². The van der Waals surface area contributed by atoms with Crippen molar-refractivity contribution in [1.82, 2.24) is 0 Å². The number of hydrogen-bond acceptors (Lipinski definition) is 5. The summed E-state index contributed by atoms with van der Waals surface area (Å²) < 4.78 is 0. The lowest BCUT2D eigenvalue weighted by molar-refractivity contribution is 0.0510. The average molecular weight is 223 g/mol. The highest BCUT2D eigenvalue weighted by Gasteiger charge is 2.21. The lowest BCUT2D eigenvalue weighted by Gasteiger charge is -2.13. The summed E-state index contributed by atoms with van der Waals surface area (Å²) in [7, 11) is 0. The number of aliphatic hydroxyl groups excluding tert-OH is 2. The largest absolute Gasteiger partial charge is 0.508 e. The number of aliphatic hydroxyl groups is 2. The Balaban J connectivity index is 3.09. The molecule has 0 aliphatic heterocycles. The normalized spacial score (nSPS) is 13.8. The lowest BCUT2D eigenvalue weighted by Crippen LogP contribution is -2.16. The Labute approximate surface area is 90.6 Å². The first kappa shape index (κ1) is 12.0. The molecular formula is C10H9NO5. The van der Waals surface area contributed by atoms with E-state index in [9.17, 15) is 15.0 Å². The number of benzene rings is 1. The third kappa shape index (κ3) is 2.28. The summed E-state index contributed by atoms with van der Waals surface area (Å²) in [5.41, 5.74) is -0.251. The van der Waals surface area contributed by atoms with E-state index in [2.05, 4.69) is 0 Å². The molecule has 4 N–H and O–H groups in total. The minimum atomic E-state index is -1.68. The summed E-state index contributed by atoms with van der Waals surface area (Å²) in [5, 5.41) is 44.9. The minimum Gasteiger partial charge on any atom is -0.508 e. The topological polar surface area (TPSA) is 122 Å². The molecular weight excluding hydrogens is 214 g/mol. The van der Waals surface area contributed by atoms with Gasteiger partial charge >= 0.3 is 5.97 Å². The maximum absolute atomic E-state index is 10.5. The second-order valence-corrected chi connectivity index (χ2v) is 3.10. The second-order valence-electron chi connectivity index (χ2n) is 3.10. The van der Waals surface area contributed by atoms with Crippen LogP contribution in [-0.2, 0) is 0 Å². The Morgan fingerprint density at radius 1 is 1.38 bits per heavy atom. The van der Waals surface area contributed by atoms with Crippen molar-refractivity contribution in [3.8, 4) is 11.8 Å². The minimum absolute atomic E-state index is 0.0981. The SMILES string of the molecule is N#CC(O)C(O)c1ccc(C(=O)O)cc1O. The van der Waals surface area contributed by atoms with Crippen molar-refractivity contribution in [1.29, 1.82) is 5.26 Å². The molecule has 0 bridgehead atoms. The number of carboxylic acids is 1. The molecule has 0 aromatic heterocycles. The number of aromatic hydroxyl groups is 1. The number of carbonyl (C=O) groups is 1. The summed E-state index contributed by atoms with van der Waals surface area (Å²) in [6.45, 7) is 0. The zero-order valence-electron chi connectivity index (χ0n) is 8.03. The van der Waals surface area contributed by atoms with Crippen LogP contribution in [0, 0.1) is 11.3 Å². The van der Waals surface area contributed by atoms with E-state index in [0.717, 1.165) is 18.2 Å². The zero-order chi connectivity index (χ0) is 12.3. The number of phenolic OH excluding ortho intramolecular Hbond substituents is 1. The average Bonchev–Trinajstić information content (AvgIpc) is 2.26. The Hall–Kier alpha value is -2.10. The molecule has 1 aromatic rings. The van der Waals surface area contributed by atoms with Gasteiger partial charge in [-0.3, -0.25) is 0 Å². The van der Waals surface area contributed by atoms with Gasteiger partial charge in [0.05, 0.1) is 11.6 Å². The van der Waals surface area contributed by atoms with Crippen molar-refractivity contribution in [2.45, 2.75) is 12.2 Å². The van der Waals surface area contributed by atoms with Gasteiger partial charge in [-0.1, -0.05) is 6.07 Å². The van der Waals surface area contributed by atoms with E-state index in [1.807, 2.05) is 0 Å². The fourth-order valence-electron chi connectivity index (χ4n) is 1.17. The summed E-state index contributed by atoms with van der Waals surface area (Å²) in [6, 6.07) is 4.64. The highest BCUT2D eigenvalue weighted by Crippen LogP contribution is 2.27.